The summed E-state index contributed by atoms with van der Waals surface area (Å²) in [5.74, 6) is 0.573. The van der Waals surface area contributed by atoms with Crippen molar-refractivity contribution < 1.29 is 9.90 Å². The smallest absolute Gasteiger partial charge is 0.409 e. The summed E-state index contributed by atoms with van der Waals surface area (Å²) in [4.78, 5) is 32.0. The van der Waals surface area contributed by atoms with Gasteiger partial charge in [-0.15, -0.1) is 5.10 Å². The van der Waals surface area contributed by atoms with Crippen molar-refractivity contribution in [2.24, 2.45) is 0 Å². The number of H-pyrrole nitrogens is 1. The summed E-state index contributed by atoms with van der Waals surface area (Å²) in [6.45, 7) is 0. The van der Waals surface area contributed by atoms with Crippen molar-refractivity contribution >= 4 is 35.0 Å². The van der Waals surface area contributed by atoms with Crippen LogP contribution in [0.2, 0.25) is 10.2 Å². The van der Waals surface area contributed by atoms with Crippen LogP contribution in [0.25, 0.3) is 28.1 Å². The lowest BCUT2D eigenvalue weighted by Gasteiger charge is -2.15. The van der Waals surface area contributed by atoms with Crippen LogP contribution in [-0.4, -0.2) is 45.9 Å². The molecule has 1 aliphatic heterocycles. The Kier molecular flexibility index (Phi) is 5.93. The molecule has 13 heteroatoms. The largest absolute Gasteiger partial charge is 0.465 e. The maximum atomic E-state index is 13.4. The Morgan fingerprint density at radius 2 is 1.89 bits per heavy atom. The Morgan fingerprint density at radius 1 is 1.08 bits per heavy atom. The number of pyridine rings is 1. The minimum Gasteiger partial charge on any atom is -0.465 e. The van der Waals surface area contributed by atoms with Gasteiger partial charge in [0, 0.05) is 33.6 Å². The first-order chi connectivity index (χ1) is 18.4. The number of aromatic nitrogens is 7. The molecule has 0 fully saturated rings. The molecule has 1 unspecified atom stereocenters. The molecule has 5 aromatic rings. The molecule has 1 atom stereocenters. The second kappa shape index (κ2) is 9.43. The van der Waals surface area contributed by atoms with E-state index < -0.39 is 6.09 Å². The Morgan fingerprint density at radius 3 is 2.63 bits per heavy atom. The maximum absolute atomic E-state index is 13.4. The van der Waals surface area contributed by atoms with Crippen LogP contribution in [0.15, 0.2) is 65.7 Å². The highest BCUT2D eigenvalue weighted by atomic mass is 35.5. The van der Waals surface area contributed by atoms with Crippen LogP contribution in [0.3, 0.4) is 0 Å². The van der Waals surface area contributed by atoms with E-state index in [4.69, 9.17) is 28.3 Å². The van der Waals surface area contributed by atoms with Crippen molar-refractivity contribution in [2.45, 2.75) is 18.9 Å². The van der Waals surface area contributed by atoms with E-state index in [1.54, 1.807) is 53.1 Å². The second-order valence-corrected chi connectivity index (χ2v) is 9.50. The van der Waals surface area contributed by atoms with Crippen LogP contribution in [-0.2, 0) is 6.42 Å². The number of aromatic amines is 1. The molecule has 4 heterocycles. The van der Waals surface area contributed by atoms with E-state index in [2.05, 4.69) is 30.8 Å². The first kappa shape index (κ1) is 23.9. The van der Waals surface area contributed by atoms with Gasteiger partial charge in [-0.25, -0.2) is 9.78 Å². The summed E-state index contributed by atoms with van der Waals surface area (Å²) in [5, 5.41) is 23.4. The number of carboxylic acid groups (broad SMARTS) is 1. The van der Waals surface area contributed by atoms with E-state index in [1.807, 2.05) is 6.07 Å². The molecule has 2 aromatic carbocycles. The second-order valence-electron chi connectivity index (χ2n) is 8.71. The van der Waals surface area contributed by atoms with Gasteiger partial charge >= 0.3 is 6.09 Å². The van der Waals surface area contributed by atoms with Crippen molar-refractivity contribution in [3.63, 3.8) is 0 Å². The normalized spacial score (nSPS) is 14.4. The molecule has 38 heavy (non-hydrogen) atoms. The summed E-state index contributed by atoms with van der Waals surface area (Å²) in [5.41, 5.74) is 4.59. The topological polar surface area (TPSA) is 144 Å². The number of tetrazole rings is 1. The fraction of sp³-hybridized carbons (Fsp3) is 0.120. The zero-order valence-electron chi connectivity index (χ0n) is 19.5. The van der Waals surface area contributed by atoms with Crippen molar-refractivity contribution in [3.05, 3.63) is 93.0 Å². The number of halogens is 2. The number of rotatable bonds is 5. The summed E-state index contributed by atoms with van der Waals surface area (Å²) >= 11 is 12.8. The molecule has 1 amide bonds. The number of anilines is 1. The molecule has 6 rings (SSSR count). The third-order valence-corrected chi connectivity index (χ3v) is 6.93. The Bertz CT molecular complexity index is 1730. The number of carbonyl (C=O) groups is 1. The van der Waals surface area contributed by atoms with E-state index in [9.17, 15) is 9.59 Å². The van der Waals surface area contributed by atoms with Gasteiger partial charge in [0.2, 0.25) is 0 Å². The van der Waals surface area contributed by atoms with Gasteiger partial charge in [-0.2, -0.15) is 4.68 Å². The molecule has 1 aliphatic rings. The fourth-order valence-electron chi connectivity index (χ4n) is 4.78. The number of hydrogen-bond donors (Lipinski definition) is 3. The zero-order valence-corrected chi connectivity index (χ0v) is 21.0. The van der Waals surface area contributed by atoms with Crippen molar-refractivity contribution in [1.82, 2.24) is 34.7 Å². The summed E-state index contributed by atoms with van der Waals surface area (Å²) in [6, 6.07) is 15.3. The zero-order chi connectivity index (χ0) is 26.4. The number of fused-ring (bicyclic) bond motifs is 1. The van der Waals surface area contributed by atoms with Gasteiger partial charge in [-0.1, -0.05) is 35.3 Å². The number of benzene rings is 2. The fourth-order valence-corrected chi connectivity index (χ4v) is 5.20. The highest BCUT2D eigenvalue weighted by molar-refractivity contribution is 6.32. The van der Waals surface area contributed by atoms with Crippen LogP contribution in [0, 0.1) is 0 Å². The number of aryl methyl sites for hydroxylation is 1. The third-order valence-electron chi connectivity index (χ3n) is 6.42. The lowest BCUT2D eigenvalue weighted by molar-refractivity contribution is 0.209. The van der Waals surface area contributed by atoms with Crippen molar-refractivity contribution in [3.8, 4) is 28.1 Å². The molecule has 3 aromatic heterocycles. The Balaban J connectivity index is 1.35. The highest BCUT2D eigenvalue weighted by Crippen LogP contribution is 2.36. The van der Waals surface area contributed by atoms with Gasteiger partial charge in [0.15, 0.2) is 5.15 Å². The molecule has 0 saturated carbocycles. The number of hydrogen-bond acceptors (Lipinski definition) is 6. The quantitative estimate of drug-likeness (QED) is 0.285. The lowest BCUT2D eigenvalue weighted by atomic mass is 10.0. The molecule has 0 spiro atoms. The molecule has 0 bridgehead atoms. The van der Waals surface area contributed by atoms with E-state index in [1.165, 1.54) is 11.0 Å². The first-order valence-electron chi connectivity index (χ1n) is 11.5. The summed E-state index contributed by atoms with van der Waals surface area (Å²) in [7, 11) is 0. The van der Waals surface area contributed by atoms with Crippen molar-refractivity contribution in [1.29, 1.82) is 0 Å². The molecule has 190 valence electrons. The van der Waals surface area contributed by atoms with Crippen LogP contribution in [0.4, 0.5) is 10.5 Å². The first-order valence-corrected chi connectivity index (χ1v) is 12.3. The van der Waals surface area contributed by atoms with Gasteiger partial charge < -0.3 is 14.7 Å². The number of nitrogens with one attached hydrogen (secondary N) is 2. The minimum atomic E-state index is -1.14. The molecule has 3 N–H and O–H groups in total. The molecule has 11 nitrogen and oxygen atoms in total. The molecular weight excluding hydrogens is 531 g/mol. The minimum absolute atomic E-state index is 0.180. The van der Waals surface area contributed by atoms with E-state index in [-0.39, 0.29) is 16.8 Å². The van der Waals surface area contributed by atoms with Gasteiger partial charge in [-0.3, -0.25) is 10.1 Å². The summed E-state index contributed by atoms with van der Waals surface area (Å²) in [6.07, 6.45) is 1.67. The number of amides is 1. The third kappa shape index (κ3) is 4.31. The number of nitrogens with zero attached hydrogens (tertiary/aromatic N) is 6. The van der Waals surface area contributed by atoms with E-state index in [0.717, 1.165) is 16.8 Å². The van der Waals surface area contributed by atoms with Crippen LogP contribution < -0.4 is 10.9 Å². The maximum Gasteiger partial charge on any atom is 0.409 e. The molecular formula is C25H18Cl2N8O3. The van der Waals surface area contributed by atoms with Crippen LogP contribution in [0.5, 0.6) is 0 Å². The lowest BCUT2D eigenvalue weighted by Crippen LogP contribution is -2.24. The number of imidazole rings is 1. The van der Waals surface area contributed by atoms with Gasteiger partial charge in [0.1, 0.15) is 12.2 Å². The van der Waals surface area contributed by atoms with E-state index >= 15 is 0 Å². The molecule has 0 aliphatic carbocycles. The summed E-state index contributed by atoms with van der Waals surface area (Å²) < 4.78 is 3.25. The van der Waals surface area contributed by atoms with Crippen LogP contribution in [0.1, 0.15) is 24.0 Å². The van der Waals surface area contributed by atoms with Gasteiger partial charge in [-0.05, 0) is 65.2 Å². The van der Waals surface area contributed by atoms with Crippen molar-refractivity contribution in [2.75, 3.05) is 5.32 Å². The van der Waals surface area contributed by atoms with Gasteiger partial charge in [0.25, 0.3) is 5.56 Å². The van der Waals surface area contributed by atoms with Crippen LogP contribution >= 0.6 is 23.2 Å². The standard InChI is InChI=1S/C25H18Cl2N8O3/c26-15-3-7-19(34-12-28-32-33-34)18(11-15)14-9-17-6-8-20(35(17)21(36)10-14)24-30-22(23(27)31-24)13-1-4-16(5-2-13)29-25(37)38/h1-5,7,9-12,20,29H,6,8H2,(H,30,31)(H,37,38). The highest BCUT2D eigenvalue weighted by Gasteiger charge is 2.29. The SMILES string of the molecule is O=C(O)Nc1ccc(-c2[nH]c(C3CCc4cc(-c5cc(Cl)ccc5-n5cnnn5)cc(=O)n43)nc2Cl)cc1. The predicted octanol–water partition coefficient (Wildman–Crippen LogP) is 4.81. The predicted molar refractivity (Wildman–Crippen MR) is 141 cm³/mol. The Hall–Kier alpha value is -4.48. The molecule has 0 saturated heterocycles. The van der Waals surface area contributed by atoms with Gasteiger partial charge in [0.05, 0.1) is 17.4 Å². The average Bonchev–Trinajstić information content (AvgIpc) is 3.64. The Labute approximate surface area is 224 Å². The molecule has 0 radical (unpaired) electrons. The van der Waals surface area contributed by atoms with E-state index in [0.29, 0.717) is 46.3 Å². The average molecular weight is 549 g/mol. The monoisotopic (exact) mass is 548 g/mol.